The molecule has 3 aliphatic rings. The normalized spacial score (nSPS) is 28.0. The monoisotopic (exact) mass is 361 g/mol. The quantitative estimate of drug-likeness (QED) is 0.868. The van der Waals surface area contributed by atoms with Crippen molar-refractivity contribution in [2.45, 2.75) is 36.1 Å². The molecule has 3 fully saturated rings. The molecule has 0 spiro atoms. The van der Waals surface area contributed by atoms with E-state index in [4.69, 9.17) is 0 Å². The number of nitrogens with one attached hydrogen (secondary N) is 1. The second kappa shape index (κ2) is 5.04. The minimum absolute atomic E-state index is 0.0460. The fraction of sp³-hybridized carbons (Fsp3) is 0.471. The molecular formula is C17H16FN3O3S. The van der Waals surface area contributed by atoms with Crippen molar-refractivity contribution in [2.75, 3.05) is 12.3 Å². The Morgan fingerprint density at radius 1 is 1.48 bits per heavy atom. The number of aromatic nitrogens is 2. The molecule has 8 heteroatoms. The Hall–Kier alpha value is -1.93. The number of rotatable bonds is 3. The number of halogens is 1. The molecule has 6 nitrogen and oxygen atoms in total. The van der Waals surface area contributed by atoms with E-state index in [1.165, 1.54) is 12.3 Å². The Kier molecular flexibility index (Phi) is 3.09. The zero-order chi connectivity index (χ0) is 17.3. The van der Waals surface area contributed by atoms with Gasteiger partial charge in [0, 0.05) is 29.8 Å². The first-order valence-corrected chi connectivity index (χ1v) is 9.39. The summed E-state index contributed by atoms with van der Waals surface area (Å²) in [6.07, 6.45) is 4.01. The van der Waals surface area contributed by atoms with Crippen LogP contribution >= 0.6 is 11.8 Å². The molecule has 1 aliphatic carbocycles. The zero-order valence-corrected chi connectivity index (χ0v) is 14.1. The minimum atomic E-state index is -1.29. The van der Waals surface area contributed by atoms with Crippen LogP contribution in [0.4, 0.5) is 4.39 Å². The largest absolute Gasteiger partial charge is 0.477 e. The third-order valence-corrected chi connectivity index (χ3v) is 6.86. The van der Waals surface area contributed by atoms with Crippen LogP contribution in [0.25, 0.3) is 11.0 Å². The summed E-state index contributed by atoms with van der Waals surface area (Å²) in [4.78, 5) is 28.4. The molecule has 2 aromatic rings. The van der Waals surface area contributed by atoms with E-state index in [1.807, 2.05) is 11.8 Å². The van der Waals surface area contributed by atoms with Crippen molar-refractivity contribution in [3.05, 3.63) is 39.6 Å². The summed E-state index contributed by atoms with van der Waals surface area (Å²) < 4.78 is 16.6. The number of carbonyl (C=O) groups is 1. The Morgan fingerprint density at radius 3 is 2.84 bits per heavy atom. The summed E-state index contributed by atoms with van der Waals surface area (Å²) in [6.45, 7) is 0.831. The molecule has 2 saturated heterocycles. The van der Waals surface area contributed by atoms with E-state index < -0.39 is 22.8 Å². The lowest BCUT2D eigenvalue weighted by Crippen LogP contribution is -2.41. The highest BCUT2D eigenvalue weighted by atomic mass is 32.2. The molecule has 0 amide bonds. The van der Waals surface area contributed by atoms with E-state index in [0.29, 0.717) is 16.6 Å². The van der Waals surface area contributed by atoms with Gasteiger partial charge < -0.3 is 15.0 Å². The topological polar surface area (TPSA) is 84.2 Å². The maximum atomic E-state index is 14.9. The van der Waals surface area contributed by atoms with Crippen molar-refractivity contribution in [3.8, 4) is 0 Å². The van der Waals surface area contributed by atoms with Crippen molar-refractivity contribution in [1.82, 2.24) is 14.9 Å². The van der Waals surface area contributed by atoms with Crippen LogP contribution in [0.3, 0.4) is 0 Å². The molecule has 0 radical (unpaired) electrons. The Bertz CT molecular complexity index is 977. The summed E-state index contributed by atoms with van der Waals surface area (Å²) in [5.74, 6) is -1.07. The molecule has 130 valence electrons. The van der Waals surface area contributed by atoms with E-state index in [1.54, 1.807) is 4.57 Å². The van der Waals surface area contributed by atoms with Crippen LogP contribution in [0.15, 0.2) is 17.1 Å². The van der Waals surface area contributed by atoms with Gasteiger partial charge in [-0.25, -0.2) is 14.2 Å². The predicted molar refractivity (Wildman–Crippen MR) is 91.7 cm³/mol. The first-order chi connectivity index (χ1) is 12.0. The van der Waals surface area contributed by atoms with Crippen molar-refractivity contribution < 1.29 is 14.3 Å². The number of hydrogen-bond donors (Lipinski definition) is 2. The predicted octanol–water partition coefficient (Wildman–Crippen LogP) is 1.87. The summed E-state index contributed by atoms with van der Waals surface area (Å²) in [5.41, 5.74) is -0.742. The maximum absolute atomic E-state index is 14.9. The van der Waals surface area contributed by atoms with Crippen molar-refractivity contribution in [3.63, 3.8) is 0 Å². The fourth-order valence-corrected chi connectivity index (χ4v) is 5.43. The lowest BCUT2D eigenvalue weighted by molar-refractivity contribution is 0.0695. The Balaban J connectivity index is 1.79. The van der Waals surface area contributed by atoms with E-state index >= 15 is 0 Å². The second-order valence-electron chi connectivity index (χ2n) is 7.11. The van der Waals surface area contributed by atoms with Crippen LogP contribution < -0.4 is 10.7 Å². The number of hydrogen-bond acceptors (Lipinski definition) is 5. The van der Waals surface area contributed by atoms with Gasteiger partial charge in [0.15, 0.2) is 0 Å². The minimum Gasteiger partial charge on any atom is -0.477 e. The molecule has 2 aromatic heterocycles. The van der Waals surface area contributed by atoms with Gasteiger partial charge in [0.25, 0.3) is 0 Å². The van der Waals surface area contributed by atoms with E-state index in [-0.39, 0.29) is 17.0 Å². The molecule has 0 aromatic carbocycles. The van der Waals surface area contributed by atoms with E-state index in [2.05, 4.69) is 10.3 Å². The number of carboxylic acid groups (broad SMARTS) is 1. The summed E-state index contributed by atoms with van der Waals surface area (Å²) in [7, 11) is 0. The summed E-state index contributed by atoms with van der Waals surface area (Å²) in [5, 5.41) is 13.2. The van der Waals surface area contributed by atoms with Gasteiger partial charge in [-0.15, -0.1) is 0 Å². The van der Waals surface area contributed by atoms with Crippen molar-refractivity contribution >= 4 is 28.8 Å². The Labute approximate surface area is 146 Å². The highest BCUT2D eigenvalue weighted by Crippen LogP contribution is 2.46. The van der Waals surface area contributed by atoms with E-state index in [9.17, 15) is 19.1 Å². The number of nitrogens with zero attached hydrogens (tertiary/aromatic N) is 2. The Morgan fingerprint density at radius 2 is 2.28 bits per heavy atom. The van der Waals surface area contributed by atoms with Crippen LogP contribution in [0.5, 0.6) is 0 Å². The number of carboxylic acids is 1. The van der Waals surface area contributed by atoms with Gasteiger partial charge in [-0.3, -0.25) is 4.79 Å². The first kappa shape index (κ1) is 15.3. The van der Waals surface area contributed by atoms with Crippen LogP contribution in [-0.2, 0) is 5.54 Å². The first-order valence-electron chi connectivity index (χ1n) is 8.34. The molecule has 2 atom stereocenters. The SMILES string of the molecule is O=C(O)c1cn(C2CC2)c2nc(C34CSC(CN3)C4)c(F)cc2c1=O. The van der Waals surface area contributed by atoms with Crippen LogP contribution in [0.1, 0.15) is 41.4 Å². The van der Waals surface area contributed by atoms with E-state index in [0.717, 1.165) is 31.6 Å². The van der Waals surface area contributed by atoms with Gasteiger partial charge in [0.05, 0.1) is 16.6 Å². The third kappa shape index (κ3) is 2.17. The molecule has 5 rings (SSSR count). The molecule has 2 N–H and O–H groups in total. The van der Waals surface area contributed by atoms with Gasteiger partial charge in [0.2, 0.25) is 5.43 Å². The maximum Gasteiger partial charge on any atom is 0.341 e. The number of aromatic carboxylic acids is 1. The third-order valence-electron chi connectivity index (χ3n) is 5.39. The van der Waals surface area contributed by atoms with Crippen molar-refractivity contribution in [2.24, 2.45) is 0 Å². The lowest BCUT2D eigenvalue weighted by atomic mass is 9.94. The number of thioether (sulfide) groups is 1. The molecule has 4 heterocycles. The van der Waals surface area contributed by atoms with Crippen LogP contribution in [-0.4, -0.2) is 38.2 Å². The number of pyridine rings is 2. The van der Waals surface area contributed by atoms with Gasteiger partial charge in [-0.05, 0) is 25.3 Å². The van der Waals surface area contributed by atoms with Gasteiger partial charge in [0.1, 0.15) is 17.0 Å². The van der Waals surface area contributed by atoms with Crippen LogP contribution in [0.2, 0.25) is 0 Å². The smallest absolute Gasteiger partial charge is 0.341 e. The highest BCUT2D eigenvalue weighted by Gasteiger charge is 2.49. The molecule has 2 unspecified atom stereocenters. The van der Waals surface area contributed by atoms with Gasteiger partial charge in [-0.1, -0.05) is 0 Å². The molecule has 25 heavy (non-hydrogen) atoms. The average Bonchev–Trinajstić information content (AvgIpc) is 3.23. The molecule has 2 aliphatic heterocycles. The highest BCUT2D eigenvalue weighted by molar-refractivity contribution is 8.00. The average molecular weight is 361 g/mol. The molecule has 1 saturated carbocycles. The summed E-state index contributed by atoms with van der Waals surface area (Å²) >= 11 is 1.82. The van der Waals surface area contributed by atoms with Gasteiger partial charge in [-0.2, -0.15) is 11.8 Å². The standard InChI is InChI=1S/C17H16FN3O3S/c18-12-3-10-13(22)11(16(23)24)6-21(8-1-2-8)15(10)20-14(12)17-4-9(5-19-17)25-7-17/h3,6,8-9,19H,1-2,4-5,7H2,(H,23,24). The lowest BCUT2D eigenvalue weighted by Gasteiger charge is -2.27. The zero-order valence-electron chi connectivity index (χ0n) is 13.3. The molecule has 2 bridgehead atoms. The summed E-state index contributed by atoms with van der Waals surface area (Å²) in [6, 6.07) is 1.31. The van der Waals surface area contributed by atoms with Gasteiger partial charge >= 0.3 is 5.97 Å². The fourth-order valence-electron chi connectivity index (χ4n) is 3.94. The molecular weight excluding hydrogens is 345 g/mol. The van der Waals surface area contributed by atoms with Crippen LogP contribution in [0, 0.1) is 5.82 Å². The van der Waals surface area contributed by atoms with Crippen molar-refractivity contribution in [1.29, 1.82) is 0 Å². The second-order valence-corrected chi connectivity index (χ2v) is 8.39. The number of fused-ring (bicyclic) bond motifs is 3.